The monoisotopic (exact) mass is 496 g/mol. The lowest BCUT2D eigenvalue weighted by atomic mass is 9.71. The van der Waals surface area contributed by atoms with E-state index in [0.29, 0.717) is 17.8 Å². The fraction of sp³-hybridized carbons (Fsp3) is 0.633. The molecular weight excluding hydrogens is 456 g/mol. The van der Waals surface area contributed by atoms with Crippen molar-refractivity contribution < 1.29 is 19.0 Å². The van der Waals surface area contributed by atoms with E-state index in [1.165, 1.54) is 41.4 Å². The van der Waals surface area contributed by atoms with Gasteiger partial charge in [0.2, 0.25) is 0 Å². The van der Waals surface area contributed by atoms with Gasteiger partial charge in [0, 0.05) is 16.1 Å². The highest BCUT2D eigenvalue weighted by molar-refractivity contribution is 8.00. The third-order valence-corrected chi connectivity index (χ3v) is 9.87. The zero-order valence-electron chi connectivity index (χ0n) is 21.7. The average molecular weight is 497 g/mol. The Balaban J connectivity index is 1.46. The van der Waals surface area contributed by atoms with Crippen molar-refractivity contribution in [2.75, 3.05) is 12.4 Å². The average Bonchev–Trinajstić information content (AvgIpc) is 3.54. The second kappa shape index (κ2) is 9.88. The van der Waals surface area contributed by atoms with Crippen LogP contribution in [0.1, 0.15) is 78.2 Å². The van der Waals surface area contributed by atoms with E-state index in [9.17, 15) is 4.79 Å². The molecule has 0 spiro atoms. The molecule has 1 saturated heterocycles. The van der Waals surface area contributed by atoms with Gasteiger partial charge in [-0.25, -0.2) is 4.79 Å². The van der Waals surface area contributed by atoms with Gasteiger partial charge in [0.05, 0.1) is 6.61 Å². The Hall–Kier alpha value is -1.88. The number of hydrogen-bond donors (Lipinski definition) is 0. The van der Waals surface area contributed by atoms with Crippen LogP contribution in [0.4, 0.5) is 4.79 Å². The van der Waals surface area contributed by atoms with Crippen LogP contribution >= 0.6 is 11.8 Å². The van der Waals surface area contributed by atoms with Gasteiger partial charge in [-0.3, -0.25) is 0 Å². The molecule has 5 unspecified atom stereocenters. The van der Waals surface area contributed by atoms with Crippen molar-refractivity contribution in [1.82, 2.24) is 0 Å². The maximum Gasteiger partial charge on any atom is 0.509 e. The Labute approximate surface area is 214 Å². The maximum atomic E-state index is 12.5. The number of unbranched alkanes of at least 4 members (excludes halogenated alkanes) is 1. The van der Waals surface area contributed by atoms with Crippen LogP contribution in [0.15, 0.2) is 36.4 Å². The van der Waals surface area contributed by atoms with Crippen molar-refractivity contribution >= 4 is 28.7 Å². The molecule has 0 amide bonds. The summed E-state index contributed by atoms with van der Waals surface area (Å²) in [6.07, 6.45) is 7.45. The van der Waals surface area contributed by atoms with Gasteiger partial charge in [0.25, 0.3) is 0 Å². The summed E-state index contributed by atoms with van der Waals surface area (Å²) in [6.45, 7) is 8.63. The number of carbonyl (C=O) groups is 1. The van der Waals surface area contributed by atoms with Crippen LogP contribution in [-0.4, -0.2) is 30.2 Å². The number of fused-ring (bicyclic) bond motifs is 3. The van der Waals surface area contributed by atoms with E-state index in [2.05, 4.69) is 55.1 Å². The molecule has 4 nitrogen and oxygen atoms in total. The molecule has 0 aromatic heterocycles. The fourth-order valence-electron chi connectivity index (χ4n) is 6.81. The second-order valence-corrected chi connectivity index (χ2v) is 13.1. The van der Waals surface area contributed by atoms with E-state index >= 15 is 0 Å². The molecule has 0 radical (unpaired) electrons. The Bertz CT molecular complexity index is 1050. The van der Waals surface area contributed by atoms with E-state index in [-0.39, 0.29) is 10.9 Å². The molecule has 5 rings (SSSR count). The van der Waals surface area contributed by atoms with Crippen molar-refractivity contribution in [3.05, 3.63) is 42.0 Å². The van der Waals surface area contributed by atoms with Crippen LogP contribution in [0.3, 0.4) is 0 Å². The molecule has 0 N–H and O–H groups in total. The molecule has 5 atom stereocenters. The number of thioether (sulfide) groups is 1. The van der Waals surface area contributed by atoms with E-state index in [4.69, 9.17) is 14.2 Å². The Morgan fingerprint density at radius 1 is 1.09 bits per heavy atom. The van der Waals surface area contributed by atoms with E-state index in [1.807, 2.05) is 20.8 Å². The first-order valence-corrected chi connectivity index (χ1v) is 14.5. The number of rotatable bonds is 7. The van der Waals surface area contributed by atoms with Gasteiger partial charge in [-0.1, -0.05) is 43.7 Å². The lowest BCUT2D eigenvalue weighted by molar-refractivity contribution is -0.0465. The standard InChI is InChI=1S/C30H40O4S/c1-5-6-15-32-26-13-12-24(21-10-7-8-11-22(21)26)30(14-9-16-35-30)25-18-20-17-23(25)27(19-20)33-28(31)34-29(2,3)4/h7-8,10-13,20,23,25,27H,5-6,9,14-19H2,1-4H3. The summed E-state index contributed by atoms with van der Waals surface area (Å²) in [5.41, 5.74) is 0.920. The number of ether oxygens (including phenoxy) is 3. The van der Waals surface area contributed by atoms with Gasteiger partial charge >= 0.3 is 6.16 Å². The predicted molar refractivity (Wildman–Crippen MR) is 143 cm³/mol. The second-order valence-electron chi connectivity index (χ2n) is 11.7. The topological polar surface area (TPSA) is 44.8 Å². The van der Waals surface area contributed by atoms with Gasteiger partial charge in [-0.15, -0.1) is 0 Å². The summed E-state index contributed by atoms with van der Waals surface area (Å²) >= 11 is 2.14. The molecule has 1 heterocycles. The first-order valence-electron chi connectivity index (χ1n) is 13.5. The van der Waals surface area contributed by atoms with E-state index < -0.39 is 11.8 Å². The summed E-state index contributed by atoms with van der Waals surface area (Å²) in [6, 6.07) is 13.3. The van der Waals surface area contributed by atoms with Crippen molar-refractivity contribution in [3.8, 4) is 5.75 Å². The molecular formula is C30H40O4S. The minimum absolute atomic E-state index is 0.0328. The highest BCUT2D eigenvalue weighted by Gasteiger charge is 2.57. The molecule has 1 aliphatic heterocycles. The van der Waals surface area contributed by atoms with Gasteiger partial charge in [0.15, 0.2) is 0 Å². The highest BCUT2D eigenvalue weighted by atomic mass is 32.2. The smallest absolute Gasteiger partial charge is 0.493 e. The number of benzene rings is 2. The zero-order valence-corrected chi connectivity index (χ0v) is 22.5. The molecule has 2 saturated carbocycles. The predicted octanol–water partition coefficient (Wildman–Crippen LogP) is 8.11. The van der Waals surface area contributed by atoms with Crippen molar-refractivity contribution in [3.63, 3.8) is 0 Å². The Morgan fingerprint density at radius 2 is 1.89 bits per heavy atom. The Kier molecular flexibility index (Phi) is 7.00. The van der Waals surface area contributed by atoms with Gasteiger partial charge in [-0.2, -0.15) is 11.8 Å². The summed E-state index contributed by atoms with van der Waals surface area (Å²) in [7, 11) is 0. The number of carbonyl (C=O) groups excluding carboxylic acids is 1. The molecule has 3 fully saturated rings. The van der Waals surface area contributed by atoms with Crippen LogP contribution in [0.25, 0.3) is 10.8 Å². The van der Waals surface area contributed by atoms with Crippen molar-refractivity contribution in [1.29, 1.82) is 0 Å². The molecule has 3 aliphatic rings. The van der Waals surface area contributed by atoms with Crippen LogP contribution in [0.5, 0.6) is 5.75 Å². The van der Waals surface area contributed by atoms with Crippen LogP contribution in [-0.2, 0) is 14.2 Å². The van der Waals surface area contributed by atoms with Gasteiger partial charge in [0.1, 0.15) is 17.5 Å². The first kappa shape index (κ1) is 24.8. The molecule has 2 aromatic rings. The fourth-order valence-corrected chi connectivity index (χ4v) is 8.57. The van der Waals surface area contributed by atoms with Crippen molar-refractivity contribution in [2.45, 2.75) is 89.1 Å². The summed E-state index contributed by atoms with van der Waals surface area (Å²) in [5, 5.41) is 2.54. The van der Waals surface area contributed by atoms with Gasteiger partial charge in [-0.05, 0) is 93.9 Å². The van der Waals surface area contributed by atoms with Gasteiger partial charge < -0.3 is 14.2 Å². The van der Waals surface area contributed by atoms with Crippen LogP contribution in [0.2, 0.25) is 0 Å². The zero-order chi connectivity index (χ0) is 24.6. The Morgan fingerprint density at radius 3 is 2.57 bits per heavy atom. The minimum atomic E-state index is -0.531. The summed E-state index contributed by atoms with van der Waals surface area (Å²) in [5.74, 6) is 3.73. The third kappa shape index (κ3) is 4.90. The van der Waals surface area contributed by atoms with Crippen LogP contribution in [0, 0.1) is 17.8 Å². The summed E-state index contributed by atoms with van der Waals surface area (Å²) < 4.78 is 17.7. The molecule has 2 bridgehead atoms. The van der Waals surface area contributed by atoms with E-state index in [1.54, 1.807) is 0 Å². The minimum Gasteiger partial charge on any atom is -0.493 e. The lowest BCUT2D eigenvalue weighted by Crippen LogP contribution is -2.40. The molecule has 35 heavy (non-hydrogen) atoms. The molecule has 2 aliphatic carbocycles. The maximum absolute atomic E-state index is 12.5. The quantitative estimate of drug-likeness (QED) is 0.286. The highest BCUT2D eigenvalue weighted by Crippen LogP contribution is 2.64. The number of hydrogen-bond acceptors (Lipinski definition) is 5. The van der Waals surface area contributed by atoms with Crippen LogP contribution < -0.4 is 4.74 Å². The van der Waals surface area contributed by atoms with E-state index in [0.717, 1.165) is 38.0 Å². The lowest BCUT2D eigenvalue weighted by Gasteiger charge is -2.43. The first-order chi connectivity index (χ1) is 16.8. The molecule has 190 valence electrons. The largest absolute Gasteiger partial charge is 0.509 e. The third-order valence-electron chi connectivity index (χ3n) is 8.14. The normalized spacial score (nSPS) is 30.1. The summed E-state index contributed by atoms with van der Waals surface area (Å²) in [4.78, 5) is 12.5. The molecule has 5 heteroatoms. The van der Waals surface area contributed by atoms with Crippen molar-refractivity contribution in [2.24, 2.45) is 17.8 Å². The molecule has 2 aromatic carbocycles. The SMILES string of the molecule is CCCCOc1ccc(C2(C3CC4CC(OC(=O)OC(C)(C)C)C3C4)CCCS2)c2ccccc12.